The molecule has 2 aromatic rings. The molecule has 0 spiro atoms. The number of hydrogen-bond acceptors (Lipinski definition) is 4. The summed E-state index contributed by atoms with van der Waals surface area (Å²) in [6, 6.07) is 7.08. The second-order valence-corrected chi connectivity index (χ2v) is 6.38. The van der Waals surface area contributed by atoms with Gasteiger partial charge in [-0.15, -0.1) is 35.3 Å². The monoisotopic (exact) mass is 477 g/mol. The molecule has 0 amide bonds. The van der Waals surface area contributed by atoms with Gasteiger partial charge in [-0.1, -0.05) is 6.07 Å². The van der Waals surface area contributed by atoms with Crippen LogP contribution in [0.3, 0.4) is 0 Å². The summed E-state index contributed by atoms with van der Waals surface area (Å²) in [7, 11) is 1.73. The van der Waals surface area contributed by atoms with Gasteiger partial charge < -0.3 is 20.1 Å². The van der Waals surface area contributed by atoms with Crippen molar-refractivity contribution >= 4 is 41.3 Å². The van der Waals surface area contributed by atoms with Gasteiger partial charge in [-0.2, -0.15) is 0 Å². The first-order valence-electron chi connectivity index (χ1n) is 7.75. The molecule has 0 radical (unpaired) electrons. The molecule has 3 rings (SSSR count). The second kappa shape index (κ2) is 9.93. The summed E-state index contributed by atoms with van der Waals surface area (Å²) in [5.74, 6) is 1.20. The number of hydrogen-bond donors (Lipinski definition) is 2. The number of nitrogens with zero attached hydrogens (tertiary/aromatic N) is 1. The van der Waals surface area contributed by atoms with Crippen LogP contribution in [0.15, 0.2) is 34.6 Å². The Morgan fingerprint density at radius 2 is 2.24 bits per heavy atom. The van der Waals surface area contributed by atoms with Gasteiger partial charge in [0, 0.05) is 24.0 Å². The Labute approximate surface area is 167 Å². The molecule has 0 bridgehead atoms. The zero-order valence-corrected chi connectivity index (χ0v) is 17.0. The first-order chi connectivity index (χ1) is 11.8. The first kappa shape index (κ1) is 19.9. The van der Waals surface area contributed by atoms with Crippen LogP contribution >= 0.6 is 35.3 Å². The van der Waals surface area contributed by atoms with Crippen LogP contribution < -0.4 is 15.4 Å². The Morgan fingerprint density at radius 3 is 3.00 bits per heavy atom. The van der Waals surface area contributed by atoms with E-state index in [9.17, 15) is 4.39 Å². The van der Waals surface area contributed by atoms with Crippen LogP contribution in [0.25, 0.3) is 0 Å². The SMILES string of the molecule is CN=C(NCCc1cc(F)cc2c1OCOC2)NCc1cccs1.I. The summed E-state index contributed by atoms with van der Waals surface area (Å²) in [5.41, 5.74) is 1.60. The zero-order chi connectivity index (χ0) is 16.8. The van der Waals surface area contributed by atoms with E-state index in [1.54, 1.807) is 18.4 Å². The Balaban J connectivity index is 0.00000225. The molecule has 25 heavy (non-hydrogen) atoms. The molecular weight excluding hydrogens is 456 g/mol. The summed E-state index contributed by atoms with van der Waals surface area (Å²) in [5, 5.41) is 8.54. The minimum atomic E-state index is -0.266. The number of ether oxygens (including phenoxy) is 2. The van der Waals surface area contributed by atoms with Crippen LogP contribution in [0, 0.1) is 5.82 Å². The third kappa shape index (κ3) is 5.55. The molecule has 0 fully saturated rings. The molecule has 2 heterocycles. The summed E-state index contributed by atoms with van der Waals surface area (Å²) in [4.78, 5) is 5.44. The molecule has 5 nitrogen and oxygen atoms in total. The molecule has 0 unspecified atom stereocenters. The van der Waals surface area contributed by atoms with Crippen molar-refractivity contribution in [1.82, 2.24) is 10.6 Å². The van der Waals surface area contributed by atoms with Crippen LogP contribution in [0.1, 0.15) is 16.0 Å². The number of nitrogens with one attached hydrogen (secondary N) is 2. The van der Waals surface area contributed by atoms with Crippen molar-refractivity contribution in [2.75, 3.05) is 20.4 Å². The van der Waals surface area contributed by atoms with Crippen molar-refractivity contribution in [1.29, 1.82) is 0 Å². The van der Waals surface area contributed by atoms with Crippen LogP contribution in [-0.2, 0) is 24.3 Å². The molecule has 0 saturated heterocycles. The number of aliphatic imine (C=N–C) groups is 1. The standard InChI is InChI=1S/C17H20FN3O2S.HI/c1-19-17(21-9-15-3-2-6-24-15)20-5-4-12-7-14(18)8-13-10-22-11-23-16(12)13;/h2-3,6-8H,4-5,9-11H2,1H3,(H2,19,20,21);1H. The molecule has 1 aliphatic rings. The first-order valence-corrected chi connectivity index (χ1v) is 8.63. The fraction of sp³-hybridized carbons (Fsp3) is 0.353. The Bertz CT molecular complexity index is 710. The average molecular weight is 477 g/mol. The molecule has 136 valence electrons. The van der Waals surface area contributed by atoms with E-state index in [0.717, 1.165) is 29.4 Å². The van der Waals surface area contributed by atoms with Crippen molar-refractivity contribution in [3.63, 3.8) is 0 Å². The number of fused-ring (bicyclic) bond motifs is 1. The van der Waals surface area contributed by atoms with Crippen molar-refractivity contribution in [3.05, 3.63) is 51.5 Å². The fourth-order valence-electron chi connectivity index (χ4n) is 2.56. The van der Waals surface area contributed by atoms with Gasteiger partial charge in [0.05, 0.1) is 13.2 Å². The third-order valence-electron chi connectivity index (χ3n) is 3.67. The van der Waals surface area contributed by atoms with E-state index < -0.39 is 0 Å². The highest BCUT2D eigenvalue weighted by Gasteiger charge is 2.16. The van der Waals surface area contributed by atoms with Crippen LogP contribution in [0.2, 0.25) is 0 Å². The summed E-state index contributed by atoms with van der Waals surface area (Å²) >= 11 is 1.70. The Morgan fingerprint density at radius 1 is 1.36 bits per heavy atom. The fourth-order valence-corrected chi connectivity index (χ4v) is 3.21. The highest BCUT2D eigenvalue weighted by molar-refractivity contribution is 14.0. The average Bonchev–Trinajstić information content (AvgIpc) is 3.11. The number of benzene rings is 1. The molecular formula is C17H21FIN3O2S. The second-order valence-electron chi connectivity index (χ2n) is 5.35. The molecule has 1 aromatic carbocycles. The van der Waals surface area contributed by atoms with Gasteiger partial charge in [0.25, 0.3) is 0 Å². The number of halogens is 2. The van der Waals surface area contributed by atoms with Crippen LogP contribution in [-0.4, -0.2) is 26.3 Å². The van der Waals surface area contributed by atoms with Crippen molar-refractivity contribution in [2.45, 2.75) is 19.6 Å². The lowest BCUT2D eigenvalue weighted by atomic mass is 10.1. The third-order valence-corrected chi connectivity index (χ3v) is 4.55. The normalized spacial score (nSPS) is 13.4. The van der Waals surface area contributed by atoms with E-state index >= 15 is 0 Å². The molecule has 0 atom stereocenters. The number of guanidine groups is 1. The maximum atomic E-state index is 13.7. The van der Waals surface area contributed by atoms with Gasteiger partial charge in [-0.05, 0) is 35.6 Å². The van der Waals surface area contributed by atoms with Crippen molar-refractivity contribution in [2.24, 2.45) is 4.99 Å². The van der Waals surface area contributed by atoms with Gasteiger partial charge in [-0.3, -0.25) is 4.99 Å². The molecule has 1 aliphatic heterocycles. The maximum absolute atomic E-state index is 13.7. The Kier molecular flexibility index (Phi) is 7.91. The predicted molar refractivity (Wildman–Crippen MR) is 108 cm³/mol. The minimum absolute atomic E-state index is 0. The highest BCUT2D eigenvalue weighted by atomic mass is 127. The lowest BCUT2D eigenvalue weighted by Gasteiger charge is -2.21. The summed E-state index contributed by atoms with van der Waals surface area (Å²) in [6.45, 7) is 1.96. The quantitative estimate of drug-likeness (QED) is 0.395. The van der Waals surface area contributed by atoms with Gasteiger partial charge in [0.1, 0.15) is 11.6 Å². The van der Waals surface area contributed by atoms with E-state index in [2.05, 4.69) is 21.7 Å². The molecule has 0 aliphatic carbocycles. The largest absolute Gasteiger partial charge is 0.467 e. The van der Waals surface area contributed by atoms with Gasteiger partial charge in [-0.25, -0.2) is 4.39 Å². The van der Waals surface area contributed by atoms with E-state index in [-0.39, 0.29) is 36.6 Å². The van der Waals surface area contributed by atoms with Gasteiger partial charge >= 0.3 is 0 Å². The predicted octanol–water partition coefficient (Wildman–Crippen LogP) is 3.28. The molecule has 2 N–H and O–H groups in total. The van der Waals surface area contributed by atoms with E-state index in [4.69, 9.17) is 9.47 Å². The lowest BCUT2D eigenvalue weighted by molar-refractivity contribution is -0.0172. The van der Waals surface area contributed by atoms with Crippen molar-refractivity contribution in [3.8, 4) is 5.75 Å². The van der Waals surface area contributed by atoms with Gasteiger partial charge in [0.2, 0.25) is 0 Å². The minimum Gasteiger partial charge on any atom is -0.467 e. The lowest BCUT2D eigenvalue weighted by Crippen LogP contribution is -2.37. The smallest absolute Gasteiger partial charge is 0.191 e. The van der Waals surface area contributed by atoms with Crippen molar-refractivity contribution < 1.29 is 13.9 Å². The van der Waals surface area contributed by atoms with E-state index in [0.29, 0.717) is 19.6 Å². The van der Waals surface area contributed by atoms with Gasteiger partial charge in [0.15, 0.2) is 12.8 Å². The maximum Gasteiger partial charge on any atom is 0.191 e. The molecule has 0 saturated carbocycles. The summed E-state index contributed by atoms with van der Waals surface area (Å²) < 4.78 is 24.4. The topological polar surface area (TPSA) is 54.9 Å². The molecule has 8 heteroatoms. The summed E-state index contributed by atoms with van der Waals surface area (Å²) in [6.07, 6.45) is 0.639. The van der Waals surface area contributed by atoms with E-state index in [1.165, 1.54) is 17.0 Å². The van der Waals surface area contributed by atoms with E-state index in [1.807, 2.05) is 11.4 Å². The Hall–Kier alpha value is -1.39. The number of rotatable bonds is 5. The zero-order valence-electron chi connectivity index (χ0n) is 13.9. The highest BCUT2D eigenvalue weighted by Crippen LogP contribution is 2.29. The number of thiophene rings is 1. The van der Waals surface area contributed by atoms with Crippen LogP contribution in [0.4, 0.5) is 4.39 Å². The molecule has 1 aromatic heterocycles. The van der Waals surface area contributed by atoms with Crippen LogP contribution in [0.5, 0.6) is 5.75 Å².